The van der Waals surface area contributed by atoms with E-state index in [-0.39, 0.29) is 0 Å². The number of hydrogen-bond acceptors (Lipinski definition) is 4. The Bertz CT molecular complexity index is 243. The topological polar surface area (TPSA) is 47.3 Å². The molecule has 1 aromatic heterocycles. The summed E-state index contributed by atoms with van der Waals surface area (Å²) in [5, 5.41) is 3.34. The van der Waals surface area contributed by atoms with Gasteiger partial charge in [0, 0.05) is 13.2 Å². The van der Waals surface area contributed by atoms with E-state index in [9.17, 15) is 0 Å². The highest BCUT2D eigenvalue weighted by molar-refractivity contribution is 4.87. The number of nitrogens with zero attached hydrogens (tertiary/aromatic N) is 1. The summed E-state index contributed by atoms with van der Waals surface area (Å²) in [5.41, 5.74) is 0. The Labute approximate surface area is 83.7 Å². The molecule has 4 nitrogen and oxygen atoms in total. The van der Waals surface area contributed by atoms with Gasteiger partial charge in [0.1, 0.15) is 5.76 Å². The molecule has 0 aliphatic carbocycles. The van der Waals surface area contributed by atoms with E-state index in [4.69, 9.17) is 9.15 Å². The van der Waals surface area contributed by atoms with Crippen molar-refractivity contribution < 1.29 is 9.15 Å². The molecule has 0 amide bonds. The molecule has 1 N–H and O–H groups in total. The number of oxazole rings is 1. The van der Waals surface area contributed by atoms with Crippen LogP contribution in [0.15, 0.2) is 17.0 Å². The van der Waals surface area contributed by atoms with Crippen LogP contribution in [0.5, 0.6) is 0 Å². The molecule has 1 aromatic rings. The summed E-state index contributed by atoms with van der Waals surface area (Å²) in [6, 6.07) is 0. The molecule has 0 aromatic carbocycles. The molecule has 4 heteroatoms. The molecule has 78 valence electrons. The molecule has 2 heterocycles. The molecule has 0 spiro atoms. The maximum absolute atomic E-state index is 5.39. The van der Waals surface area contributed by atoms with E-state index in [1.807, 2.05) is 0 Å². The normalized spacial score (nSPS) is 22.4. The van der Waals surface area contributed by atoms with E-state index < -0.39 is 0 Å². The highest BCUT2D eigenvalue weighted by Crippen LogP contribution is 2.12. The lowest BCUT2D eigenvalue weighted by Crippen LogP contribution is -2.28. The summed E-state index contributed by atoms with van der Waals surface area (Å²) in [4.78, 5) is 3.86. The third kappa shape index (κ3) is 2.82. The van der Waals surface area contributed by atoms with Gasteiger partial charge in [0.15, 0.2) is 6.39 Å². The van der Waals surface area contributed by atoms with Gasteiger partial charge in [-0.15, -0.1) is 0 Å². The lowest BCUT2D eigenvalue weighted by Gasteiger charge is -2.21. The molecule has 1 unspecified atom stereocenters. The van der Waals surface area contributed by atoms with Crippen molar-refractivity contribution in [3.63, 3.8) is 0 Å². The first-order valence-corrected chi connectivity index (χ1v) is 5.11. The number of aromatic nitrogens is 1. The second-order valence-corrected chi connectivity index (χ2v) is 3.68. The van der Waals surface area contributed by atoms with Crippen molar-refractivity contribution in [2.45, 2.75) is 19.4 Å². The maximum atomic E-state index is 5.39. The summed E-state index contributed by atoms with van der Waals surface area (Å²) in [6.07, 6.45) is 5.66. The third-order valence-corrected chi connectivity index (χ3v) is 2.47. The van der Waals surface area contributed by atoms with E-state index in [1.165, 1.54) is 19.2 Å². The highest BCUT2D eigenvalue weighted by atomic mass is 16.5. The molecule has 1 aliphatic rings. The first kappa shape index (κ1) is 9.68. The molecule has 0 bridgehead atoms. The Morgan fingerprint density at radius 2 is 2.57 bits per heavy atom. The standard InChI is InChI=1S/C10H16N2O2/c1-2-9(7-13-3-1)4-11-5-10-6-12-8-14-10/h6,8-9,11H,1-5,7H2. The van der Waals surface area contributed by atoms with Gasteiger partial charge in [0.2, 0.25) is 0 Å². The molecule has 0 saturated carbocycles. The van der Waals surface area contributed by atoms with Gasteiger partial charge in [0.05, 0.1) is 19.3 Å². The van der Waals surface area contributed by atoms with Crippen LogP contribution in [0.2, 0.25) is 0 Å². The van der Waals surface area contributed by atoms with Crippen LogP contribution in [0.1, 0.15) is 18.6 Å². The average molecular weight is 196 g/mol. The van der Waals surface area contributed by atoms with Crippen LogP contribution < -0.4 is 5.32 Å². The zero-order valence-electron chi connectivity index (χ0n) is 8.24. The Morgan fingerprint density at radius 3 is 3.29 bits per heavy atom. The average Bonchev–Trinajstić information content (AvgIpc) is 2.72. The van der Waals surface area contributed by atoms with Gasteiger partial charge < -0.3 is 14.5 Å². The zero-order chi connectivity index (χ0) is 9.64. The van der Waals surface area contributed by atoms with Crippen LogP contribution >= 0.6 is 0 Å². The van der Waals surface area contributed by atoms with Crippen molar-refractivity contribution in [3.8, 4) is 0 Å². The smallest absolute Gasteiger partial charge is 0.180 e. The predicted molar refractivity (Wildman–Crippen MR) is 51.8 cm³/mol. The molecule has 1 saturated heterocycles. The molecule has 1 aliphatic heterocycles. The van der Waals surface area contributed by atoms with Gasteiger partial charge >= 0.3 is 0 Å². The van der Waals surface area contributed by atoms with Crippen molar-refractivity contribution in [2.75, 3.05) is 19.8 Å². The molecular weight excluding hydrogens is 180 g/mol. The largest absolute Gasteiger partial charge is 0.447 e. The number of ether oxygens (including phenoxy) is 1. The van der Waals surface area contributed by atoms with Crippen molar-refractivity contribution in [2.24, 2.45) is 5.92 Å². The minimum atomic E-state index is 0.659. The second kappa shape index (κ2) is 5.12. The highest BCUT2D eigenvalue weighted by Gasteiger charge is 2.13. The molecule has 14 heavy (non-hydrogen) atoms. The molecule has 2 rings (SSSR count). The van der Waals surface area contributed by atoms with Crippen LogP contribution in [-0.2, 0) is 11.3 Å². The fourth-order valence-corrected chi connectivity index (χ4v) is 1.70. The number of rotatable bonds is 4. The molecule has 0 radical (unpaired) electrons. The van der Waals surface area contributed by atoms with Gasteiger partial charge in [-0.05, 0) is 18.8 Å². The first-order valence-electron chi connectivity index (χ1n) is 5.11. The lowest BCUT2D eigenvalue weighted by molar-refractivity contribution is 0.0546. The summed E-state index contributed by atoms with van der Waals surface area (Å²) >= 11 is 0. The van der Waals surface area contributed by atoms with Crippen LogP contribution in [0.4, 0.5) is 0 Å². The summed E-state index contributed by atoms with van der Waals surface area (Å²) in [6.45, 7) is 3.58. The summed E-state index contributed by atoms with van der Waals surface area (Å²) in [7, 11) is 0. The van der Waals surface area contributed by atoms with Crippen LogP contribution in [0.3, 0.4) is 0 Å². The predicted octanol–water partition coefficient (Wildman–Crippen LogP) is 1.19. The monoisotopic (exact) mass is 196 g/mol. The van der Waals surface area contributed by atoms with E-state index in [2.05, 4.69) is 10.3 Å². The van der Waals surface area contributed by atoms with Crippen molar-refractivity contribution >= 4 is 0 Å². The van der Waals surface area contributed by atoms with Crippen LogP contribution in [-0.4, -0.2) is 24.7 Å². The summed E-state index contributed by atoms with van der Waals surface area (Å²) < 4.78 is 10.5. The number of hydrogen-bond donors (Lipinski definition) is 1. The Kier molecular flexibility index (Phi) is 3.54. The van der Waals surface area contributed by atoms with E-state index in [0.717, 1.165) is 32.1 Å². The van der Waals surface area contributed by atoms with Gasteiger partial charge in [-0.25, -0.2) is 4.98 Å². The second-order valence-electron chi connectivity index (χ2n) is 3.68. The van der Waals surface area contributed by atoms with Crippen LogP contribution in [0.25, 0.3) is 0 Å². The van der Waals surface area contributed by atoms with E-state index >= 15 is 0 Å². The van der Waals surface area contributed by atoms with Gasteiger partial charge in [-0.3, -0.25) is 0 Å². The van der Waals surface area contributed by atoms with Crippen molar-refractivity contribution in [3.05, 3.63) is 18.4 Å². The lowest BCUT2D eigenvalue weighted by atomic mass is 10.0. The van der Waals surface area contributed by atoms with Gasteiger partial charge in [-0.1, -0.05) is 0 Å². The Balaban J connectivity index is 1.62. The SMILES string of the molecule is c1ncc(CNCC2CCCOC2)o1. The van der Waals surface area contributed by atoms with Gasteiger partial charge in [-0.2, -0.15) is 0 Å². The first-order chi connectivity index (χ1) is 6.95. The molecule has 1 fully saturated rings. The van der Waals surface area contributed by atoms with Gasteiger partial charge in [0.25, 0.3) is 0 Å². The summed E-state index contributed by atoms with van der Waals surface area (Å²) in [5.74, 6) is 1.55. The minimum absolute atomic E-state index is 0.659. The Morgan fingerprint density at radius 1 is 1.57 bits per heavy atom. The van der Waals surface area contributed by atoms with E-state index in [1.54, 1.807) is 6.20 Å². The van der Waals surface area contributed by atoms with Crippen molar-refractivity contribution in [1.29, 1.82) is 0 Å². The fraction of sp³-hybridized carbons (Fsp3) is 0.700. The Hall–Kier alpha value is -0.870. The fourth-order valence-electron chi connectivity index (χ4n) is 1.70. The maximum Gasteiger partial charge on any atom is 0.180 e. The molecular formula is C10H16N2O2. The van der Waals surface area contributed by atoms with Crippen molar-refractivity contribution in [1.82, 2.24) is 10.3 Å². The quantitative estimate of drug-likeness (QED) is 0.785. The minimum Gasteiger partial charge on any atom is -0.447 e. The van der Waals surface area contributed by atoms with E-state index in [0.29, 0.717) is 5.92 Å². The number of nitrogens with one attached hydrogen (secondary N) is 1. The molecule has 1 atom stereocenters. The van der Waals surface area contributed by atoms with Crippen LogP contribution in [0, 0.1) is 5.92 Å². The third-order valence-electron chi connectivity index (χ3n) is 2.47. The zero-order valence-corrected chi connectivity index (χ0v) is 8.24.